The van der Waals surface area contributed by atoms with Crippen LogP contribution in [0.25, 0.3) is 22.3 Å². The maximum Gasteiger partial charge on any atom is 0.339 e. The Morgan fingerprint density at radius 3 is 2.37 bits per heavy atom. The number of hydrogen-bond acceptors (Lipinski definition) is 6. The quantitative estimate of drug-likeness (QED) is 0.322. The molecule has 8 heteroatoms. The third-order valence-electron chi connectivity index (χ3n) is 5.40. The molecule has 178 valence electrons. The smallest absolute Gasteiger partial charge is 0.339 e. The molecule has 0 fully saturated rings. The standard InChI is InChI=1S/C27H23ClN2O5/c1-16-11-21(35-30-16)13-26(31)29-25-15-24(28)22(14-23(25)27(32)34-3)18-9-7-17(8-10-18)19-5-4-6-20(12-19)33-2/h4-12,14-15H,13H2,1-3H3,(H,29,31). The van der Waals surface area contributed by atoms with Crippen LogP contribution in [-0.4, -0.2) is 31.3 Å². The molecule has 7 nitrogen and oxygen atoms in total. The highest BCUT2D eigenvalue weighted by Gasteiger charge is 2.19. The van der Waals surface area contributed by atoms with Gasteiger partial charge in [0.1, 0.15) is 11.5 Å². The van der Waals surface area contributed by atoms with Crippen LogP contribution in [0.5, 0.6) is 5.75 Å². The van der Waals surface area contributed by atoms with Crippen LogP contribution in [0.2, 0.25) is 5.02 Å². The minimum absolute atomic E-state index is 0.0352. The summed E-state index contributed by atoms with van der Waals surface area (Å²) in [5, 5.41) is 6.87. The van der Waals surface area contributed by atoms with Gasteiger partial charge in [-0.25, -0.2) is 4.79 Å². The van der Waals surface area contributed by atoms with Crippen molar-refractivity contribution in [3.05, 3.63) is 88.8 Å². The number of nitrogens with zero attached hydrogens (tertiary/aromatic N) is 1. The summed E-state index contributed by atoms with van der Waals surface area (Å²) in [5.41, 5.74) is 4.56. The van der Waals surface area contributed by atoms with Crippen molar-refractivity contribution in [1.82, 2.24) is 5.16 Å². The molecule has 35 heavy (non-hydrogen) atoms. The molecule has 0 aliphatic carbocycles. The molecular weight excluding hydrogens is 468 g/mol. The lowest BCUT2D eigenvalue weighted by molar-refractivity contribution is -0.115. The molecule has 0 spiro atoms. The molecule has 0 atom stereocenters. The van der Waals surface area contributed by atoms with E-state index in [1.165, 1.54) is 7.11 Å². The van der Waals surface area contributed by atoms with Crippen molar-refractivity contribution in [3.63, 3.8) is 0 Å². The molecule has 1 aromatic heterocycles. The highest BCUT2D eigenvalue weighted by atomic mass is 35.5. The zero-order valence-electron chi connectivity index (χ0n) is 19.4. The van der Waals surface area contributed by atoms with Gasteiger partial charge in [0.05, 0.1) is 42.6 Å². The van der Waals surface area contributed by atoms with Gasteiger partial charge < -0.3 is 19.3 Å². The van der Waals surface area contributed by atoms with Gasteiger partial charge in [-0.3, -0.25) is 4.79 Å². The summed E-state index contributed by atoms with van der Waals surface area (Å²) in [4.78, 5) is 25.1. The number of rotatable bonds is 7. The number of ether oxygens (including phenoxy) is 2. The summed E-state index contributed by atoms with van der Waals surface area (Å²) in [7, 11) is 2.91. The number of amides is 1. The van der Waals surface area contributed by atoms with Crippen molar-refractivity contribution in [2.45, 2.75) is 13.3 Å². The first-order valence-electron chi connectivity index (χ1n) is 10.8. The largest absolute Gasteiger partial charge is 0.497 e. The van der Waals surface area contributed by atoms with Crippen molar-refractivity contribution in [2.75, 3.05) is 19.5 Å². The fourth-order valence-electron chi connectivity index (χ4n) is 3.67. The SMILES string of the molecule is COC(=O)c1cc(-c2ccc(-c3cccc(OC)c3)cc2)c(Cl)cc1NC(=O)Cc1cc(C)no1. The van der Waals surface area contributed by atoms with Crippen molar-refractivity contribution in [2.24, 2.45) is 0 Å². The number of halogens is 1. The van der Waals surface area contributed by atoms with Gasteiger partial charge in [-0.2, -0.15) is 0 Å². The van der Waals surface area contributed by atoms with E-state index < -0.39 is 5.97 Å². The number of methoxy groups -OCH3 is 2. The first-order valence-corrected chi connectivity index (χ1v) is 11.1. The summed E-state index contributed by atoms with van der Waals surface area (Å²) in [6, 6.07) is 20.4. The molecule has 0 aliphatic rings. The van der Waals surface area contributed by atoms with E-state index in [1.54, 1.807) is 32.2 Å². The van der Waals surface area contributed by atoms with E-state index in [-0.39, 0.29) is 23.6 Å². The predicted octanol–water partition coefficient (Wildman–Crippen LogP) is 5.95. The van der Waals surface area contributed by atoms with E-state index in [1.807, 2.05) is 48.5 Å². The Morgan fingerprint density at radius 2 is 1.71 bits per heavy atom. The van der Waals surface area contributed by atoms with Crippen LogP contribution in [0, 0.1) is 6.92 Å². The Hall–Kier alpha value is -4.10. The molecule has 1 heterocycles. The Kier molecular flexibility index (Phi) is 7.17. The highest BCUT2D eigenvalue weighted by Crippen LogP contribution is 2.35. The zero-order valence-corrected chi connectivity index (χ0v) is 20.2. The van der Waals surface area contributed by atoms with Crippen LogP contribution in [0.4, 0.5) is 5.69 Å². The summed E-state index contributed by atoms with van der Waals surface area (Å²) in [6.07, 6.45) is -0.0352. The van der Waals surface area contributed by atoms with Crippen LogP contribution in [0.1, 0.15) is 21.8 Å². The lowest BCUT2D eigenvalue weighted by Gasteiger charge is -2.14. The van der Waals surface area contributed by atoms with Crippen molar-refractivity contribution >= 4 is 29.2 Å². The minimum Gasteiger partial charge on any atom is -0.497 e. The summed E-state index contributed by atoms with van der Waals surface area (Å²) in [6.45, 7) is 1.77. The molecule has 0 saturated carbocycles. The average molecular weight is 491 g/mol. The van der Waals surface area contributed by atoms with Crippen LogP contribution in [0.3, 0.4) is 0 Å². The van der Waals surface area contributed by atoms with Gasteiger partial charge in [0.25, 0.3) is 0 Å². The van der Waals surface area contributed by atoms with Crippen LogP contribution in [-0.2, 0) is 16.0 Å². The topological polar surface area (TPSA) is 90.7 Å². The van der Waals surface area contributed by atoms with Crippen molar-refractivity contribution < 1.29 is 23.6 Å². The van der Waals surface area contributed by atoms with E-state index >= 15 is 0 Å². The number of aryl methyl sites for hydroxylation is 1. The minimum atomic E-state index is -0.596. The third kappa shape index (κ3) is 5.53. The number of carbonyl (C=O) groups is 2. The van der Waals surface area contributed by atoms with Crippen molar-refractivity contribution in [1.29, 1.82) is 0 Å². The molecule has 4 rings (SSSR count). The van der Waals surface area contributed by atoms with E-state index in [0.717, 1.165) is 22.4 Å². The normalized spacial score (nSPS) is 10.6. The van der Waals surface area contributed by atoms with E-state index in [4.69, 9.17) is 25.6 Å². The Labute approximate surface area is 207 Å². The average Bonchev–Trinajstić information content (AvgIpc) is 3.28. The van der Waals surface area contributed by atoms with Gasteiger partial charge in [-0.15, -0.1) is 0 Å². The third-order valence-corrected chi connectivity index (χ3v) is 5.71. The van der Waals surface area contributed by atoms with Gasteiger partial charge in [-0.1, -0.05) is 53.2 Å². The van der Waals surface area contributed by atoms with Gasteiger partial charge in [0, 0.05) is 11.6 Å². The van der Waals surface area contributed by atoms with Crippen LogP contribution < -0.4 is 10.1 Å². The van der Waals surface area contributed by atoms with Crippen LogP contribution in [0.15, 0.2) is 71.3 Å². The number of esters is 1. The van der Waals surface area contributed by atoms with E-state index in [9.17, 15) is 9.59 Å². The second-order valence-electron chi connectivity index (χ2n) is 7.84. The fraction of sp³-hybridized carbons (Fsp3) is 0.148. The monoisotopic (exact) mass is 490 g/mol. The van der Waals surface area contributed by atoms with Gasteiger partial charge >= 0.3 is 5.97 Å². The molecule has 0 aliphatic heterocycles. The van der Waals surface area contributed by atoms with Crippen molar-refractivity contribution in [3.8, 4) is 28.0 Å². The van der Waals surface area contributed by atoms with Gasteiger partial charge in [0.15, 0.2) is 0 Å². The second-order valence-corrected chi connectivity index (χ2v) is 8.25. The van der Waals surface area contributed by atoms with E-state index in [0.29, 0.717) is 22.0 Å². The first kappa shape index (κ1) is 24.0. The van der Waals surface area contributed by atoms with Gasteiger partial charge in [-0.05, 0) is 47.9 Å². The molecule has 0 bridgehead atoms. The number of nitrogens with one attached hydrogen (secondary N) is 1. The molecule has 0 radical (unpaired) electrons. The number of anilines is 1. The Balaban J connectivity index is 1.63. The molecule has 4 aromatic rings. The van der Waals surface area contributed by atoms with Crippen LogP contribution >= 0.6 is 11.6 Å². The number of aromatic nitrogens is 1. The maximum absolute atomic E-state index is 12.5. The lowest BCUT2D eigenvalue weighted by atomic mass is 9.98. The number of benzene rings is 3. The highest BCUT2D eigenvalue weighted by molar-refractivity contribution is 6.34. The second kappa shape index (κ2) is 10.4. The molecule has 1 N–H and O–H groups in total. The zero-order chi connectivity index (χ0) is 24.9. The molecular formula is C27H23ClN2O5. The summed E-state index contributed by atoms with van der Waals surface area (Å²) < 4.78 is 15.3. The molecule has 0 unspecified atom stereocenters. The predicted molar refractivity (Wildman–Crippen MR) is 134 cm³/mol. The molecule has 1 amide bonds. The fourth-order valence-corrected chi connectivity index (χ4v) is 3.95. The number of carbonyl (C=O) groups excluding carboxylic acids is 2. The number of hydrogen-bond donors (Lipinski definition) is 1. The lowest BCUT2D eigenvalue weighted by Crippen LogP contribution is -2.17. The van der Waals surface area contributed by atoms with E-state index in [2.05, 4.69) is 10.5 Å². The molecule has 3 aromatic carbocycles. The Morgan fingerprint density at radius 1 is 0.971 bits per heavy atom. The maximum atomic E-state index is 12.5. The Bertz CT molecular complexity index is 1380. The first-order chi connectivity index (χ1) is 16.9. The summed E-state index contributed by atoms with van der Waals surface area (Å²) >= 11 is 6.58. The molecule has 0 saturated heterocycles. The van der Waals surface area contributed by atoms with Gasteiger partial charge in [0.2, 0.25) is 5.91 Å². The summed E-state index contributed by atoms with van der Waals surface area (Å²) in [5.74, 6) is 0.214.